The topological polar surface area (TPSA) is 71.4 Å². The number of hydrogen-bond donors (Lipinski definition) is 1. The normalized spacial score (nSPS) is 23.5. The molecule has 2 aliphatic rings. The van der Waals surface area contributed by atoms with Gasteiger partial charge in [0.05, 0.1) is 5.60 Å². The Morgan fingerprint density at radius 2 is 2.12 bits per heavy atom. The molecule has 1 aliphatic carbocycles. The molecule has 9 heteroatoms. The van der Waals surface area contributed by atoms with E-state index in [1.165, 1.54) is 11.8 Å². The molecule has 0 spiro atoms. The maximum atomic E-state index is 14.7. The van der Waals surface area contributed by atoms with E-state index in [2.05, 4.69) is 15.0 Å². The van der Waals surface area contributed by atoms with Crippen molar-refractivity contribution in [2.24, 2.45) is 0 Å². The van der Waals surface area contributed by atoms with Gasteiger partial charge in [-0.1, -0.05) is 23.4 Å². The molecule has 6 nitrogen and oxygen atoms in total. The summed E-state index contributed by atoms with van der Waals surface area (Å²) in [4.78, 5) is 15.0. The second-order valence-corrected chi connectivity index (χ2v) is 8.25. The van der Waals surface area contributed by atoms with E-state index in [0.29, 0.717) is 35.9 Å². The molecule has 1 saturated carbocycles. The largest absolute Gasteiger partial charge is 0.474 e. The van der Waals surface area contributed by atoms with Crippen molar-refractivity contribution in [2.45, 2.75) is 49.5 Å². The molecule has 0 aromatic carbocycles. The summed E-state index contributed by atoms with van der Waals surface area (Å²) in [5, 5.41) is 11.1. The average molecular weight is 399 g/mol. The van der Waals surface area contributed by atoms with Gasteiger partial charge in [-0.15, -0.1) is 0 Å². The predicted molar refractivity (Wildman–Crippen MR) is 99.8 cm³/mol. The van der Waals surface area contributed by atoms with Gasteiger partial charge in [0.2, 0.25) is 5.88 Å². The van der Waals surface area contributed by atoms with Crippen molar-refractivity contribution in [3.8, 4) is 5.88 Å². The molecule has 26 heavy (non-hydrogen) atoms. The lowest BCUT2D eigenvalue weighted by molar-refractivity contribution is 0.0447. The summed E-state index contributed by atoms with van der Waals surface area (Å²) in [7, 11) is 0. The Bertz CT molecular complexity index is 863. The summed E-state index contributed by atoms with van der Waals surface area (Å²) in [5.74, 6) is 0.132. The van der Waals surface area contributed by atoms with Crippen LogP contribution in [0.3, 0.4) is 0 Å². The molecular weight excluding hydrogens is 379 g/mol. The van der Waals surface area contributed by atoms with Crippen molar-refractivity contribution in [2.75, 3.05) is 24.2 Å². The fraction of sp³-hybridized carbons (Fsp3) is 0.588. The highest BCUT2D eigenvalue weighted by molar-refractivity contribution is 7.98. The lowest BCUT2D eigenvalue weighted by atomic mass is 9.95. The van der Waals surface area contributed by atoms with Crippen molar-refractivity contribution < 1.29 is 14.2 Å². The van der Waals surface area contributed by atoms with E-state index in [-0.39, 0.29) is 22.7 Å². The van der Waals surface area contributed by atoms with Gasteiger partial charge in [0, 0.05) is 13.1 Å². The molecule has 4 rings (SSSR count). The first-order valence-electron chi connectivity index (χ1n) is 8.63. The molecule has 0 bridgehead atoms. The molecule has 2 aromatic rings. The minimum atomic E-state index is -0.828. The SMILES string of the molecule is CSc1nc(N2CCC[C@@](C)(O)C2)c2c(OC3CC3)nc(Cl)c(F)c2n1. The highest BCUT2D eigenvalue weighted by Gasteiger charge is 2.33. The van der Waals surface area contributed by atoms with Gasteiger partial charge in [-0.3, -0.25) is 0 Å². The third-order valence-electron chi connectivity index (χ3n) is 4.63. The smallest absolute Gasteiger partial charge is 0.228 e. The molecule has 0 unspecified atom stereocenters. The molecule has 2 fully saturated rings. The van der Waals surface area contributed by atoms with Crippen molar-refractivity contribution >= 4 is 40.1 Å². The fourth-order valence-corrected chi connectivity index (χ4v) is 3.75. The zero-order valence-corrected chi connectivity index (χ0v) is 16.2. The molecule has 1 aliphatic heterocycles. The van der Waals surface area contributed by atoms with Crippen LogP contribution >= 0.6 is 23.4 Å². The maximum absolute atomic E-state index is 14.7. The van der Waals surface area contributed by atoms with E-state index in [0.717, 1.165) is 19.3 Å². The highest BCUT2D eigenvalue weighted by Crippen LogP contribution is 2.40. The van der Waals surface area contributed by atoms with Crippen LogP contribution in [-0.2, 0) is 0 Å². The number of rotatable bonds is 4. The second-order valence-electron chi connectivity index (χ2n) is 7.12. The lowest BCUT2D eigenvalue weighted by Crippen LogP contribution is -2.46. The van der Waals surface area contributed by atoms with Crippen LogP contribution in [0.2, 0.25) is 5.15 Å². The first kappa shape index (κ1) is 18.0. The molecule has 3 heterocycles. The monoisotopic (exact) mass is 398 g/mol. The summed E-state index contributed by atoms with van der Waals surface area (Å²) in [6, 6.07) is 0. The van der Waals surface area contributed by atoms with Gasteiger partial charge in [0.25, 0.3) is 0 Å². The number of aromatic nitrogens is 3. The zero-order chi connectivity index (χ0) is 18.5. The summed E-state index contributed by atoms with van der Waals surface area (Å²) in [6.45, 7) is 2.92. The Kier molecular flexibility index (Phi) is 4.61. The van der Waals surface area contributed by atoms with Crippen LogP contribution in [0.1, 0.15) is 32.6 Å². The number of pyridine rings is 1. The Morgan fingerprint density at radius 3 is 2.77 bits per heavy atom. The van der Waals surface area contributed by atoms with E-state index in [1.807, 2.05) is 11.2 Å². The molecule has 2 aromatic heterocycles. The van der Waals surface area contributed by atoms with Gasteiger partial charge < -0.3 is 14.7 Å². The summed E-state index contributed by atoms with van der Waals surface area (Å²) < 4.78 is 20.6. The molecule has 0 amide bonds. The lowest BCUT2D eigenvalue weighted by Gasteiger charge is -2.38. The zero-order valence-electron chi connectivity index (χ0n) is 14.6. The van der Waals surface area contributed by atoms with Crippen LogP contribution in [0, 0.1) is 5.82 Å². The van der Waals surface area contributed by atoms with Gasteiger partial charge in [-0.05, 0) is 38.9 Å². The number of thioether (sulfide) groups is 1. The van der Waals surface area contributed by atoms with Crippen LogP contribution in [0.4, 0.5) is 10.2 Å². The minimum absolute atomic E-state index is 0.0739. The van der Waals surface area contributed by atoms with Gasteiger partial charge in [-0.25, -0.2) is 14.4 Å². The highest BCUT2D eigenvalue weighted by atomic mass is 35.5. The van der Waals surface area contributed by atoms with E-state index in [4.69, 9.17) is 16.3 Å². The van der Waals surface area contributed by atoms with Gasteiger partial charge >= 0.3 is 0 Å². The number of anilines is 1. The van der Waals surface area contributed by atoms with Crippen molar-refractivity contribution in [1.29, 1.82) is 0 Å². The molecule has 1 atom stereocenters. The number of aliphatic hydroxyl groups is 1. The summed E-state index contributed by atoms with van der Waals surface area (Å²) in [6.07, 6.45) is 5.32. The van der Waals surface area contributed by atoms with E-state index in [1.54, 1.807) is 6.92 Å². The predicted octanol–water partition coefficient (Wildman–Crippen LogP) is 3.43. The number of ether oxygens (including phenoxy) is 1. The van der Waals surface area contributed by atoms with Gasteiger partial charge in [0.15, 0.2) is 16.1 Å². The third kappa shape index (κ3) is 3.42. The van der Waals surface area contributed by atoms with Crippen LogP contribution in [0.25, 0.3) is 10.9 Å². The Morgan fingerprint density at radius 1 is 1.35 bits per heavy atom. The van der Waals surface area contributed by atoms with Crippen LogP contribution in [0.15, 0.2) is 5.16 Å². The Labute approximate surface area is 160 Å². The van der Waals surface area contributed by atoms with E-state index < -0.39 is 11.4 Å². The molecule has 0 radical (unpaired) electrons. The second kappa shape index (κ2) is 6.65. The Balaban J connectivity index is 1.93. The molecule has 1 N–H and O–H groups in total. The van der Waals surface area contributed by atoms with E-state index in [9.17, 15) is 9.50 Å². The number of fused-ring (bicyclic) bond motifs is 1. The van der Waals surface area contributed by atoms with Crippen LogP contribution in [-0.4, -0.2) is 51.1 Å². The number of hydrogen-bond acceptors (Lipinski definition) is 7. The first-order valence-corrected chi connectivity index (χ1v) is 10.2. The summed E-state index contributed by atoms with van der Waals surface area (Å²) >= 11 is 7.31. The molecule has 1 saturated heterocycles. The average Bonchev–Trinajstić information content (AvgIpc) is 3.41. The number of piperidine rings is 1. The van der Waals surface area contributed by atoms with Crippen molar-refractivity contribution in [1.82, 2.24) is 15.0 Å². The molecular formula is C17H20ClFN4O2S. The van der Waals surface area contributed by atoms with Crippen LogP contribution in [0.5, 0.6) is 5.88 Å². The number of nitrogens with zero attached hydrogens (tertiary/aromatic N) is 4. The first-order chi connectivity index (χ1) is 12.4. The third-order valence-corrected chi connectivity index (χ3v) is 5.43. The quantitative estimate of drug-likeness (QED) is 0.480. The fourth-order valence-electron chi connectivity index (χ4n) is 3.23. The maximum Gasteiger partial charge on any atom is 0.228 e. The Hall–Kier alpha value is -1.38. The molecule has 140 valence electrons. The summed E-state index contributed by atoms with van der Waals surface area (Å²) in [5.41, 5.74) is -0.717. The van der Waals surface area contributed by atoms with Gasteiger partial charge in [-0.2, -0.15) is 4.98 Å². The van der Waals surface area contributed by atoms with Crippen molar-refractivity contribution in [3.63, 3.8) is 0 Å². The van der Waals surface area contributed by atoms with Gasteiger partial charge in [0.1, 0.15) is 22.8 Å². The van der Waals surface area contributed by atoms with Crippen LogP contribution < -0.4 is 9.64 Å². The number of halogens is 2. The number of β-amino-alcohol motifs (C(OH)–C–C–N with tert-alkyl or cyclic N) is 1. The van der Waals surface area contributed by atoms with Crippen molar-refractivity contribution in [3.05, 3.63) is 11.0 Å². The minimum Gasteiger partial charge on any atom is -0.474 e. The standard InChI is InChI=1S/C17H20ClFN4O2S/c1-17(24)6-3-7-23(8-17)14-10-12(20-16(22-14)26-2)11(19)13(18)21-15(10)25-9-4-5-9/h9,24H,3-8H2,1-2H3/t17-/m1/s1. The van der Waals surface area contributed by atoms with E-state index >= 15 is 0 Å².